The molecule has 24 heavy (non-hydrogen) atoms. The molecule has 4 heteroatoms. The van der Waals surface area contributed by atoms with Crippen LogP contribution in [-0.2, 0) is 11.2 Å². The van der Waals surface area contributed by atoms with Crippen LogP contribution in [-0.4, -0.2) is 19.1 Å². The number of amides is 1. The van der Waals surface area contributed by atoms with E-state index in [0.717, 1.165) is 29.7 Å². The summed E-state index contributed by atoms with van der Waals surface area (Å²) in [7, 11) is 0. The second kappa shape index (κ2) is 8.96. The van der Waals surface area contributed by atoms with E-state index in [1.54, 1.807) is 0 Å². The number of aryl methyl sites for hydroxylation is 2. The Kier molecular flexibility index (Phi) is 6.67. The first-order valence-electron chi connectivity index (χ1n) is 8.38. The average molecular weight is 327 g/mol. The minimum atomic E-state index is -0.177. The molecule has 0 fully saturated rings. The van der Waals surface area contributed by atoms with Crippen LogP contribution >= 0.6 is 0 Å². The van der Waals surface area contributed by atoms with Crippen molar-refractivity contribution >= 4 is 11.6 Å². The molecule has 0 unspecified atom stereocenters. The Bertz CT molecular complexity index is 682. The molecule has 2 aromatic rings. The molecule has 4 nitrogen and oxygen atoms in total. The number of nitrogens with one attached hydrogen (secondary N) is 1. The van der Waals surface area contributed by atoms with Gasteiger partial charge in [-0.3, -0.25) is 4.79 Å². The molecule has 0 aliphatic heterocycles. The maximum absolute atomic E-state index is 12.3. The van der Waals surface area contributed by atoms with Gasteiger partial charge in [-0.05, 0) is 43.0 Å². The summed E-state index contributed by atoms with van der Waals surface area (Å²) in [6.45, 7) is 6.68. The summed E-state index contributed by atoms with van der Waals surface area (Å²) in [5.74, 6) is 1.07. The summed E-state index contributed by atoms with van der Waals surface area (Å²) in [6.07, 6.45) is 1.79. The standard InChI is InChI=1S/C20H25NO3/c1-4-13-23-17-11-6-7-12-18(17)24-14-19(22)21-20-15(3)9-8-10-16(20)5-2/h6-12H,4-5,13-14H2,1-3H3,(H,21,22). The van der Waals surface area contributed by atoms with Gasteiger partial charge < -0.3 is 14.8 Å². The topological polar surface area (TPSA) is 47.6 Å². The maximum atomic E-state index is 12.3. The first-order chi connectivity index (χ1) is 11.7. The van der Waals surface area contributed by atoms with Crippen LogP contribution in [0.2, 0.25) is 0 Å². The fraction of sp³-hybridized carbons (Fsp3) is 0.350. The molecule has 0 bridgehead atoms. The normalized spacial score (nSPS) is 10.3. The van der Waals surface area contributed by atoms with Gasteiger partial charge in [-0.1, -0.05) is 44.2 Å². The Morgan fingerprint density at radius 2 is 1.71 bits per heavy atom. The molecule has 1 N–H and O–H groups in total. The molecular formula is C20H25NO3. The maximum Gasteiger partial charge on any atom is 0.262 e. The van der Waals surface area contributed by atoms with Crippen molar-refractivity contribution in [2.75, 3.05) is 18.5 Å². The van der Waals surface area contributed by atoms with Gasteiger partial charge in [0.2, 0.25) is 0 Å². The lowest BCUT2D eigenvalue weighted by Gasteiger charge is -2.14. The van der Waals surface area contributed by atoms with Crippen LogP contribution in [0.15, 0.2) is 42.5 Å². The van der Waals surface area contributed by atoms with Crippen molar-refractivity contribution in [3.63, 3.8) is 0 Å². The van der Waals surface area contributed by atoms with Crippen molar-refractivity contribution in [3.8, 4) is 11.5 Å². The third-order valence-electron chi connectivity index (χ3n) is 3.67. The zero-order valence-electron chi connectivity index (χ0n) is 14.6. The molecule has 1 amide bonds. The smallest absolute Gasteiger partial charge is 0.262 e. The Morgan fingerprint density at radius 3 is 2.38 bits per heavy atom. The molecule has 0 saturated carbocycles. The summed E-state index contributed by atoms with van der Waals surface area (Å²) < 4.78 is 11.3. The largest absolute Gasteiger partial charge is 0.490 e. The van der Waals surface area contributed by atoms with E-state index < -0.39 is 0 Å². The van der Waals surface area contributed by atoms with Gasteiger partial charge in [-0.15, -0.1) is 0 Å². The number of benzene rings is 2. The van der Waals surface area contributed by atoms with Crippen LogP contribution in [0.1, 0.15) is 31.4 Å². The van der Waals surface area contributed by atoms with E-state index in [9.17, 15) is 4.79 Å². The SMILES string of the molecule is CCCOc1ccccc1OCC(=O)Nc1c(C)cccc1CC. The number of hydrogen-bond donors (Lipinski definition) is 1. The van der Waals surface area contributed by atoms with E-state index in [4.69, 9.17) is 9.47 Å². The van der Waals surface area contributed by atoms with Gasteiger partial charge in [0.25, 0.3) is 5.91 Å². The number of hydrogen-bond acceptors (Lipinski definition) is 3. The fourth-order valence-corrected chi connectivity index (χ4v) is 2.42. The lowest BCUT2D eigenvalue weighted by Crippen LogP contribution is -2.21. The average Bonchev–Trinajstić information content (AvgIpc) is 2.60. The molecule has 2 aromatic carbocycles. The van der Waals surface area contributed by atoms with Crippen molar-refractivity contribution in [1.82, 2.24) is 0 Å². The van der Waals surface area contributed by atoms with Gasteiger partial charge in [0.1, 0.15) is 0 Å². The molecule has 128 valence electrons. The molecule has 0 saturated heterocycles. The van der Waals surface area contributed by atoms with E-state index in [2.05, 4.69) is 12.2 Å². The van der Waals surface area contributed by atoms with Gasteiger partial charge in [-0.25, -0.2) is 0 Å². The Morgan fingerprint density at radius 1 is 1.00 bits per heavy atom. The molecule has 0 spiro atoms. The third-order valence-corrected chi connectivity index (χ3v) is 3.67. The van der Waals surface area contributed by atoms with Gasteiger partial charge in [0, 0.05) is 5.69 Å². The first-order valence-corrected chi connectivity index (χ1v) is 8.38. The fourth-order valence-electron chi connectivity index (χ4n) is 2.42. The highest BCUT2D eigenvalue weighted by atomic mass is 16.5. The van der Waals surface area contributed by atoms with E-state index in [0.29, 0.717) is 18.1 Å². The second-order valence-corrected chi connectivity index (χ2v) is 5.59. The van der Waals surface area contributed by atoms with Crippen molar-refractivity contribution in [3.05, 3.63) is 53.6 Å². The van der Waals surface area contributed by atoms with Crippen LogP contribution in [0.4, 0.5) is 5.69 Å². The van der Waals surface area contributed by atoms with Crippen LogP contribution in [0, 0.1) is 6.92 Å². The van der Waals surface area contributed by atoms with Gasteiger partial charge in [0.05, 0.1) is 6.61 Å². The molecular weight excluding hydrogens is 302 g/mol. The number of para-hydroxylation sites is 3. The summed E-state index contributed by atoms with van der Waals surface area (Å²) in [6, 6.07) is 13.4. The molecule has 0 aliphatic carbocycles. The molecule has 0 aromatic heterocycles. The molecule has 0 aliphatic rings. The zero-order chi connectivity index (χ0) is 17.4. The van der Waals surface area contributed by atoms with Gasteiger partial charge >= 0.3 is 0 Å². The van der Waals surface area contributed by atoms with Crippen molar-refractivity contribution in [1.29, 1.82) is 0 Å². The number of rotatable bonds is 8. The zero-order valence-corrected chi connectivity index (χ0v) is 14.6. The quantitative estimate of drug-likeness (QED) is 0.783. The minimum Gasteiger partial charge on any atom is -0.490 e. The molecule has 0 atom stereocenters. The van der Waals surface area contributed by atoms with Gasteiger partial charge in [0.15, 0.2) is 18.1 Å². The predicted octanol–water partition coefficient (Wildman–Crippen LogP) is 4.36. The van der Waals surface area contributed by atoms with Crippen LogP contribution in [0.25, 0.3) is 0 Å². The molecule has 2 rings (SSSR count). The van der Waals surface area contributed by atoms with Crippen molar-refractivity contribution in [2.45, 2.75) is 33.6 Å². The summed E-state index contributed by atoms with van der Waals surface area (Å²) in [5, 5.41) is 2.96. The minimum absolute atomic E-state index is 0.0516. The molecule has 0 heterocycles. The Hall–Kier alpha value is -2.49. The number of carbonyl (C=O) groups excluding carboxylic acids is 1. The number of anilines is 1. The van der Waals surface area contributed by atoms with E-state index in [-0.39, 0.29) is 12.5 Å². The highest BCUT2D eigenvalue weighted by Crippen LogP contribution is 2.26. The lowest BCUT2D eigenvalue weighted by molar-refractivity contribution is -0.118. The number of carbonyl (C=O) groups is 1. The van der Waals surface area contributed by atoms with Crippen LogP contribution in [0.3, 0.4) is 0 Å². The lowest BCUT2D eigenvalue weighted by atomic mass is 10.1. The first kappa shape index (κ1) is 17.9. The Balaban J connectivity index is 1.99. The monoisotopic (exact) mass is 327 g/mol. The van der Waals surface area contributed by atoms with Crippen molar-refractivity contribution < 1.29 is 14.3 Å². The van der Waals surface area contributed by atoms with E-state index >= 15 is 0 Å². The van der Waals surface area contributed by atoms with E-state index in [1.807, 2.05) is 56.3 Å². The number of ether oxygens (including phenoxy) is 2. The van der Waals surface area contributed by atoms with Crippen LogP contribution < -0.4 is 14.8 Å². The van der Waals surface area contributed by atoms with Crippen LogP contribution in [0.5, 0.6) is 11.5 Å². The Labute approximate surface area is 143 Å². The molecule has 0 radical (unpaired) electrons. The second-order valence-electron chi connectivity index (χ2n) is 5.59. The summed E-state index contributed by atoms with van der Waals surface area (Å²) in [4.78, 5) is 12.3. The van der Waals surface area contributed by atoms with Gasteiger partial charge in [-0.2, -0.15) is 0 Å². The third kappa shape index (κ3) is 4.75. The van der Waals surface area contributed by atoms with Crippen molar-refractivity contribution in [2.24, 2.45) is 0 Å². The summed E-state index contributed by atoms with van der Waals surface area (Å²) in [5.41, 5.74) is 3.05. The highest BCUT2D eigenvalue weighted by molar-refractivity contribution is 5.93. The summed E-state index contributed by atoms with van der Waals surface area (Å²) >= 11 is 0. The van der Waals surface area contributed by atoms with E-state index in [1.165, 1.54) is 0 Å². The highest BCUT2D eigenvalue weighted by Gasteiger charge is 2.11. The predicted molar refractivity (Wildman–Crippen MR) is 96.9 cm³/mol.